The van der Waals surface area contributed by atoms with Crippen LogP contribution in [0.4, 0.5) is 68.2 Å². The maximum Gasteiger partial charge on any atom is 1.00 e. The average molecular weight is 2060 g/mol. The number of hydrogen-bond acceptors (Lipinski definition) is 31. The maximum absolute atomic E-state index is 12.5. The number of halogens is 2. The van der Waals surface area contributed by atoms with Gasteiger partial charge in [-0.05, 0) is 309 Å². The van der Waals surface area contributed by atoms with Crippen LogP contribution in [0.5, 0.6) is 0 Å². The molecule has 20 rings (SSSR count). The second-order valence-corrected chi connectivity index (χ2v) is 39.1. The number of nitro groups is 3. The Morgan fingerprint density at radius 1 is 0.441 bits per heavy atom. The van der Waals surface area contributed by atoms with Crippen molar-refractivity contribution in [3.05, 3.63) is 173 Å². The van der Waals surface area contributed by atoms with Gasteiger partial charge in [0, 0.05) is 207 Å². The van der Waals surface area contributed by atoms with E-state index >= 15 is 0 Å². The molecule has 2 amide bonds. The van der Waals surface area contributed by atoms with E-state index in [0.717, 1.165) is 222 Å². The smallest absolute Gasteiger partial charge is 0.793 e. The van der Waals surface area contributed by atoms with Gasteiger partial charge in [-0.1, -0.05) is 62.1 Å². The number of nitrogens with one attached hydrogen (secondary N) is 2. The summed E-state index contributed by atoms with van der Waals surface area (Å²) in [4.78, 5) is 138. The van der Waals surface area contributed by atoms with E-state index in [-0.39, 0.29) is 81.6 Å². The second-order valence-electron chi connectivity index (χ2n) is 38.4. The van der Waals surface area contributed by atoms with E-state index in [1.807, 2.05) is 54.4 Å². The van der Waals surface area contributed by atoms with Crippen LogP contribution in [0.2, 0.25) is 0 Å². The van der Waals surface area contributed by atoms with Gasteiger partial charge >= 0.3 is 41.5 Å². The Balaban J connectivity index is 0.000000222. The van der Waals surface area contributed by atoms with E-state index in [2.05, 4.69) is 116 Å². The summed E-state index contributed by atoms with van der Waals surface area (Å²) in [6.45, 7) is 29.1. The number of carbonyl (C=O) groups is 7. The Bertz CT molecular complexity index is 5060. The van der Waals surface area contributed by atoms with Crippen molar-refractivity contribution in [3.63, 3.8) is 0 Å². The van der Waals surface area contributed by atoms with E-state index in [4.69, 9.17) is 53.0 Å². The molecule has 41 heteroatoms. The third kappa shape index (κ3) is 42.0. The number of nitrogen functional groups attached to an aromatic ring is 3. The van der Waals surface area contributed by atoms with Gasteiger partial charge in [0.05, 0.1) is 39.4 Å². The van der Waals surface area contributed by atoms with Gasteiger partial charge in [-0.3, -0.25) is 64.1 Å². The van der Waals surface area contributed by atoms with Crippen molar-refractivity contribution in [3.8, 4) is 0 Å². The summed E-state index contributed by atoms with van der Waals surface area (Å²) in [5.41, 5.74) is 34.6. The summed E-state index contributed by atoms with van der Waals surface area (Å²) in [6, 6.07) is 34.9. The summed E-state index contributed by atoms with van der Waals surface area (Å²) in [6.07, 6.45) is 30.3. The van der Waals surface area contributed by atoms with Crippen molar-refractivity contribution in [1.82, 2.24) is 34.7 Å². The summed E-state index contributed by atoms with van der Waals surface area (Å²) >= 11 is 9.55. The molecular formula is C104H153B2Cl2N19NaO17. The van der Waals surface area contributed by atoms with Crippen molar-refractivity contribution < 1.29 is 98.5 Å². The first-order valence-electron chi connectivity index (χ1n) is 51.1. The van der Waals surface area contributed by atoms with Crippen molar-refractivity contribution in [2.45, 2.75) is 206 Å². The van der Waals surface area contributed by atoms with Crippen LogP contribution in [-0.2, 0) is 91.3 Å². The Morgan fingerprint density at radius 2 is 0.807 bits per heavy atom. The number of nitrogens with two attached hydrogens (primary N) is 3. The van der Waals surface area contributed by atoms with Gasteiger partial charge in [0.25, 0.3) is 17.1 Å². The third-order valence-electron chi connectivity index (χ3n) is 27.4. The van der Waals surface area contributed by atoms with E-state index in [1.165, 1.54) is 200 Å². The van der Waals surface area contributed by atoms with Crippen LogP contribution in [0, 0.1) is 30.3 Å². The molecule has 5 radical (unpaired) electrons. The van der Waals surface area contributed by atoms with Crippen molar-refractivity contribution >= 4 is 148 Å². The molecule has 14 heterocycles. The van der Waals surface area contributed by atoms with Gasteiger partial charge in [-0.25, -0.2) is 19.4 Å². The number of hydrogen-bond donors (Lipinski definition) is 5. The fraction of sp³-hybridized carbons (Fsp3) is 0.587. The molecular weight excluding hydrogens is 1900 g/mol. The first-order valence-corrected chi connectivity index (χ1v) is 52.0. The summed E-state index contributed by atoms with van der Waals surface area (Å²) in [5.74, 6) is -1.16. The fourth-order valence-electron chi connectivity index (χ4n) is 19.4. The van der Waals surface area contributed by atoms with Crippen LogP contribution in [-0.4, -0.2) is 310 Å². The van der Waals surface area contributed by atoms with Crippen LogP contribution < -0.4 is 81.9 Å². The zero-order chi connectivity index (χ0) is 104. The zero-order valence-electron chi connectivity index (χ0n) is 86.2. The number of non-ortho nitro benzene ring substituents is 3. The first-order chi connectivity index (χ1) is 69.2. The molecule has 8 saturated heterocycles. The number of alkyl halides is 1. The van der Waals surface area contributed by atoms with Crippen LogP contribution in [0.3, 0.4) is 0 Å². The Hall–Kier alpha value is -9.80. The average Bonchev–Trinajstić information content (AvgIpc) is 1.65. The number of anilines is 9. The number of ketones is 1. The molecule has 14 aliphatic heterocycles. The number of likely N-dealkylation sites (tertiary alicyclic amines) is 6. The summed E-state index contributed by atoms with van der Waals surface area (Å²) in [5, 5.41) is 38.0. The van der Waals surface area contributed by atoms with Crippen LogP contribution >= 0.6 is 23.2 Å². The summed E-state index contributed by atoms with van der Waals surface area (Å²) < 4.78 is 8.54. The number of Topliss-reactive ketones (excluding diaryl/α,β-unsaturated/α-hetero) is 1. The molecule has 0 saturated carbocycles. The molecule has 0 bridgehead atoms. The fourth-order valence-corrected chi connectivity index (χ4v) is 19.4. The van der Waals surface area contributed by atoms with Crippen LogP contribution in [0.15, 0.2) is 109 Å². The molecule has 0 aliphatic carbocycles. The van der Waals surface area contributed by atoms with Gasteiger partial charge in [-0.15, -0.1) is 11.6 Å². The van der Waals surface area contributed by atoms with Gasteiger partial charge in [0.15, 0.2) is 0 Å². The molecule has 1 unspecified atom stereocenters. The number of rotatable bonds is 13. The Labute approximate surface area is 891 Å². The number of ether oxygens (including phenoxy) is 1. The number of carbonyl (C=O) groups excluding carboxylic acids is 7. The van der Waals surface area contributed by atoms with E-state index in [1.54, 1.807) is 35.2 Å². The van der Waals surface area contributed by atoms with Gasteiger partial charge in [0.1, 0.15) is 13.6 Å². The van der Waals surface area contributed by atoms with Crippen molar-refractivity contribution in [2.24, 2.45) is 0 Å². The SMILES string of the molecule is C1CCNCC1.CC(=O)OOC(C)=O.CN1CCC(=O)CC1.CN1CCC(N2CCc3ccc(N)cc32)CC1.CN1CCC(N2CCc3ccc([N+](=O)[O-])cc32)CC1.Nc1ccc2c(c1)N(C(=O)CN1CCCCC1)CC2.Nc1ccc2c(c1)N(CCN1CCCCC1)CC2.O=C(CN1CCCCC1)N1CCc2ccc([N+](=O)[O-])cc21.O=C(Cl)CCl.O=[N+]([O-])c1ccc2c(c1)NCC2.[B-]OC(C)=O.[B]C1CCCO1.[HH].[Na+]. The number of fused-ring (bicyclic) bond motifs is 6. The predicted molar refractivity (Wildman–Crippen MR) is 574 cm³/mol. The normalized spacial score (nSPS) is 18.8. The number of piperidine rings is 7. The van der Waals surface area contributed by atoms with Gasteiger partial charge in [-0.2, -0.15) is 0 Å². The molecule has 0 aromatic heterocycles. The van der Waals surface area contributed by atoms with Crippen molar-refractivity contribution in [2.75, 3.05) is 238 Å². The molecule has 787 valence electrons. The minimum Gasteiger partial charge on any atom is -0.793 e. The molecule has 145 heavy (non-hydrogen) atoms. The largest absolute Gasteiger partial charge is 1.00 e. The van der Waals surface area contributed by atoms with Crippen LogP contribution in [0.25, 0.3) is 0 Å². The molecule has 6 aromatic carbocycles. The second kappa shape index (κ2) is 64.5. The van der Waals surface area contributed by atoms with Gasteiger partial charge < -0.3 is 89.4 Å². The predicted octanol–water partition coefficient (Wildman–Crippen LogP) is 10.3. The number of benzene rings is 6. The first kappa shape index (κ1) is 120. The zero-order valence-corrected chi connectivity index (χ0v) is 89.7. The molecule has 8 fully saturated rings. The Morgan fingerprint density at radius 3 is 1.19 bits per heavy atom. The monoisotopic (exact) mass is 2060 g/mol. The van der Waals surface area contributed by atoms with Crippen molar-refractivity contribution in [1.29, 1.82) is 0 Å². The molecule has 6 aromatic rings. The topological polar surface area (TPSA) is 424 Å². The third-order valence-corrected chi connectivity index (χ3v) is 27.9. The standard InChI is InChI=1S/C15H19N3O3.C15H21N3O.C15H23N3.C14H19N3O2.C14H21N3.C8H8N2O2.C6H11NO.C5H11N.C4H7BO.C4H6O4.C2H3BO2.C2H2Cl2O.Na.H2/c19-15(11-16-7-2-1-3-8-16)17-9-6-12-4-5-13(18(20)21)10-14(12)17;16-13-5-4-12-6-9-18(14(12)10-13)15(19)11-17-7-2-1-3-8-17;16-14-5-4-13-6-9-18(15(13)12-14)11-10-17-7-2-1-3-8-17;1-15-7-5-12(6-8-15)16-9-4-11-2-3-13(17(18)19)10-14(11)16;1-16-7-5-13(6-8-16)17-9-4-11-2-3-12(15)10-14(11)17;11-10(12)7-2-1-6-3-4-9-8(6)5-7;1-7-4-2-6(8)3-5-7;1-2-4-6-5-3-1;5-4-2-1-3-6-4;1-3(5)7-8-4(2)6;1-2(4)5-3;3-1-2(4)5;;/h4-5,10H,1-3,6-9,11H2;4-5,10H,1-3,6-9,11,16H2;4-5,12H,1-3,6-11,16H2;2-3,10,12H,4-9H2,1H3;2-3,10,13H,4-9,15H2,1H3;1-2,5,9H,3-4H2;2-5H2,1H3;6H,1-5H2;4H,1-3H2;1-2H3;1H3;1H2;;1H/q;;;;;;;;;;-1;;+1;. The maximum atomic E-state index is 12.5. The van der Waals surface area contributed by atoms with Gasteiger partial charge in [0.2, 0.25) is 23.0 Å². The minimum absolute atomic E-state index is 0. The Kier molecular flexibility index (Phi) is 53.5. The van der Waals surface area contributed by atoms with E-state index in [0.29, 0.717) is 43.2 Å². The molecule has 14 aliphatic rings. The molecule has 8 N–H and O–H groups in total. The minimum atomic E-state index is -0.639. The van der Waals surface area contributed by atoms with E-state index < -0.39 is 28.1 Å². The quantitative estimate of drug-likeness (QED) is 0.0136. The molecule has 36 nitrogen and oxygen atoms in total. The summed E-state index contributed by atoms with van der Waals surface area (Å²) in [7, 11) is 16.0. The molecule has 1 atom stereocenters. The molecule has 0 spiro atoms. The van der Waals surface area contributed by atoms with Crippen LogP contribution in [0.1, 0.15) is 184 Å². The number of amides is 2. The number of nitrogens with zero attached hydrogens (tertiary/aromatic N) is 14. The number of nitro benzene ring substituents is 3. The van der Waals surface area contributed by atoms with E-state index in [9.17, 15) is 63.9 Å².